The van der Waals surface area contributed by atoms with Gasteiger partial charge in [-0.1, -0.05) is 0 Å². The van der Waals surface area contributed by atoms with Gasteiger partial charge in [0.2, 0.25) is 0 Å². The number of hydrogen-bond donors (Lipinski definition) is 0. The molecule has 0 bridgehead atoms. The first-order chi connectivity index (χ1) is 9.01. The molecule has 1 unspecified atom stereocenters. The third kappa shape index (κ3) is 3.46. The van der Waals surface area contributed by atoms with Crippen LogP contribution < -0.4 is 0 Å². The fourth-order valence-corrected chi connectivity index (χ4v) is 1.53. The lowest BCUT2D eigenvalue weighted by molar-refractivity contribution is -0.394. The summed E-state index contributed by atoms with van der Waals surface area (Å²) in [5.74, 6) is -0.832. The molecule has 100 valence electrons. The lowest BCUT2D eigenvalue weighted by Gasteiger charge is -2.09. The van der Waals surface area contributed by atoms with Crippen molar-refractivity contribution in [3.05, 3.63) is 44.0 Å². The summed E-state index contributed by atoms with van der Waals surface area (Å²) >= 11 is 0. The summed E-state index contributed by atoms with van der Waals surface area (Å²) in [4.78, 5) is 20.1. The van der Waals surface area contributed by atoms with Crippen LogP contribution in [0.5, 0.6) is 0 Å². The summed E-state index contributed by atoms with van der Waals surface area (Å²) in [6.45, 7) is 2.11. The van der Waals surface area contributed by atoms with Gasteiger partial charge < -0.3 is 4.74 Å². The molecule has 1 aromatic carbocycles. The predicted octanol–water partition coefficient (Wildman–Crippen LogP) is 2.15. The molecule has 1 rings (SSSR count). The van der Waals surface area contributed by atoms with E-state index in [2.05, 4.69) is 0 Å². The van der Waals surface area contributed by atoms with Gasteiger partial charge in [-0.2, -0.15) is 5.26 Å². The van der Waals surface area contributed by atoms with Crippen molar-refractivity contribution in [2.75, 3.05) is 13.2 Å². The predicted molar refractivity (Wildman–Crippen MR) is 64.6 cm³/mol. The van der Waals surface area contributed by atoms with Crippen LogP contribution in [0, 0.1) is 31.6 Å². The smallest absolute Gasteiger partial charge is 0.280 e. The zero-order valence-electron chi connectivity index (χ0n) is 10.1. The number of nitro groups is 2. The summed E-state index contributed by atoms with van der Waals surface area (Å²) in [7, 11) is 0. The van der Waals surface area contributed by atoms with Crippen molar-refractivity contribution in [3.63, 3.8) is 0 Å². The van der Waals surface area contributed by atoms with E-state index in [1.807, 2.05) is 6.07 Å². The van der Waals surface area contributed by atoms with Crippen molar-refractivity contribution in [2.24, 2.45) is 0 Å². The molecule has 0 heterocycles. The monoisotopic (exact) mass is 265 g/mol. The SMILES string of the molecule is CCOCC(C#N)c1ccc([N+](=O)[O-])cc1[N+](=O)[O-]. The maximum atomic E-state index is 10.9. The average Bonchev–Trinajstić information content (AvgIpc) is 2.39. The Morgan fingerprint density at radius 1 is 1.37 bits per heavy atom. The molecule has 1 aromatic rings. The van der Waals surface area contributed by atoms with E-state index in [9.17, 15) is 20.2 Å². The van der Waals surface area contributed by atoms with Crippen LogP contribution in [0.4, 0.5) is 11.4 Å². The van der Waals surface area contributed by atoms with Gasteiger partial charge in [0.25, 0.3) is 11.4 Å². The molecule has 8 heteroatoms. The largest absolute Gasteiger partial charge is 0.380 e. The number of benzene rings is 1. The van der Waals surface area contributed by atoms with E-state index in [0.717, 1.165) is 12.1 Å². The first-order valence-electron chi connectivity index (χ1n) is 5.41. The highest BCUT2D eigenvalue weighted by atomic mass is 16.6. The fraction of sp³-hybridized carbons (Fsp3) is 0.364. The van der Waals surface area contributed by atoms with Gasteiger partial charge in [0.05, 0.1) is 28.6 Å². The normalized spacial score (nSPS) is 11.6. The minimum Gasteiger partial charge on any atom is -0.380 e. The second-order valence-corrected chi connectivity index (χ2v) is 3.60. The van der Waals surface area contributed by atoms with Crippen LogP contribution in [0.15, 0.2) is 18.2 Å². The van der Waals surface area contributed by atoms with Crippen LogP contribution in [0.3, 0.4) is 0 Å². The molecule has 0 aliphatic carbocycles. The molecule has 19 heavy (non-hydrogen) atoms. The number of non-ortho nitro benzene ring substituents is 1. The summed E-state index contributed by atoms with van der Waals surface area (Å²) in [5.41, 5.74) is -0.712. The van der Waals surface area contributed by atoms with Gasteiger partial charge >= 0.3 is 0 Å². The maximum absolute atomic E-state index is 10.9. The third-order valence-electron chi connectivity index (χ3n) is 2.44. The Hall–Kier alpha value is -2.53. The highest BCUT2D eigenvalue weighted by Gasteiger charge is 2.25. The van der Waals surface area contributed by atoms with E-state index >= 15 is 0 Å². The molecule has 0 saturated heterocycles. The third-order valence-corrected chi connectivity index (χ3v) is 2.44. The van der Waals surface area contributed by atoms with E-state index < -0.39 is 21.5 Å². The molecule has 0 saturated carbocycles. The Balaban J connectivity index is 3.22. The molecule has 0 aromatic heterocycles. The van der Waals surface area contributed by atoms with E-state index in [1.54, 1.807) is 6.92 Å². The van der Waals surface area contributed by atoms with Gasteiger partial charge in [-0.15, -0.1) is 0 Å². The number of nitriles is 1. The molecule has 0 N–H and O–H groups in total. The van der Waals surface area contributed by atoms with Gasteiger partial charge in [0, 0.05) is 18.2 Å². The minimum absolute atomic E-state index is 0.00561. The van der Waals surface area contributed by atoms with Crippen LogP contribution in [0.2, 0.25) is 0 Å². The molecule has 0 fully saturated rings. The highest BCUT2D eigenvalue weighted by molar-refractivity contribution is 5.52. The Morgan fingerprint density at radius 3 is 2.53 bits per heavy atom. The van der Waals surface area contributed by atoms with Gasteiger partial charge in [-0.25, -0.2) is 0 Å². The van der Waals surface area contributed by atoms with Gasteiger partial charge in [-0.3, -0.25) is 20.2 Å². The van der Waals surface area contributed by atoms with E-state index in [0.29, 0.717) is 6.61 Å². The number of nitro benzene ring substituents is 2. The first-order valence-corrected chi connectivity index (χ1v) is 5.41. The summed E-state index contributed by atoms with van der Waals surface area (Å²) in [6.07, 6.45) is 0. The Kier molecular flexibility index (Phi) is 4.91. The molecular formula is C11H11N3O5. The number of ether oxygens (including phenoxy) is 1. The number of nitrogens with zero attached hydrogens (tertiary/aromatic N) is 3. The van der Waals surface area contributed by atoms with Crippen LogP contribution in [-0.4, -0.2) is 23.1 Å². The van der Waals surface area contributed by atoms with Crippen LogP contribution >= 0.6 is 0 Å². The summed E-state index contributed by atoms with van der Waals surface area (Å²) in [6, 6.07) is 5.11. The van der Waals surface area contributed by atoms with Crippen molar-refractivity contribution < 1.29 is 14.6 Å². The Morgan fingerprint density at radius 2 is 2.05 bits per heavy atom. The molecule has 0 radical (unpaired) electrons. The topological polar surface area (TPSA) is 119 Å². The van der Waals surface area contributed by atoms with E-state index in [1.165, 1.54) is 6.07 Å². The average molecular weight is 265 g/mol. The molecule has 0 aliphatic rings. The van der Waals surface area contributed by atoms with E-state index in [4.69, 9.17) is 10.00 Å². The number of hydrogen-bond acceptors (Lipinski definition) is 6. The molecule has 1 atom stereocenters. The van der Waals surface area contributed by atoms with Crippen molar-refractivity contribution in [3.8, 4) is 6.07 Å². The molecular weight excluding hydrogens is 254 g/mol. The van der Waals surface area contributed by atoms with Gasteiger partial charge in [-0.05, 0) is 13.0 Å². The highest BCUT2D eigenvalue weighted by Crippen LogP contribution is 2.30. The lowest BCUT2D eigenvalue weighted by atomic mass is 9.99. The van der Waals surface area contributed by atoms with Crippen LogP contribution in [-0.2, 0) is 4.74 Å². The molecule has 0 spiro atoms. The second-order valence-electron chi connectivity index (χ2n) is 3.60. The zero-order chi connectivity index (χ0) is 14.4. The van der Waals surface area contributed by atoms with Crippen molar-refractivity contribution >= 4 is 11.4 Å². The molecule has 0 aliphatic heterocycles. The van der Waals surface area contributed by atoms with Crippen molar-refractivity contribution in [1.29, 1.82) is 5.26 Å². The van der Waals surface area contributed by atoms with Gasteiger partial charge in [0.1, 0.15) is 5.92 Å². The van der Waals surface area contributed by atoms with Crippen molar-refractivity contribution in [1.82, 2.24) is 0 Å². The number of rotatable bonds is 6. The van der Waals surface area contributed by atoms with Crippen molar-refractivity contribution in [2.45, 2.75) is 12.8 Å². The van der Waals surface area contributed by atoms with Gasteiger partial charge in [0.15, 0.2) is 0 Å². The van der Waals surface area contributed by atoms with E-state index in [-0.39, 0.29) is 17.9 Å². The zero-order valence-corrected chi connectivity index (χ0v) is 10.1. The second kappa shape index (κ2) is 6.42. The standard InChI is InChI=1S/C11H11N3O5/c1-2-19-7-8(6-12)10-4-3-9(13(15)16)5-11(10)14(17)18/h3-5,8H,2,7H2,1H3. The summed E-state index contributed by atoms with van der Waals surface area (Å²) in [5, 5.41) is 30.5. The van der Waals surface area contributed by atoms with Crippen LogP contribution in [0.1, 0.15) is 18.4 Å². The maximum Gasteiger partial charge on any atom is 0.280 e. The Bertz CT molecular complexity index is 538. The first kappa shape index (κ1) is 14.5. The molecule has 8 nitrogen and oxygen atoms in total. The lowest BCUT2D eigenvalue weighted by Crippen LogP contribution is -2.09. The van der Waals surface area contributed by atoms with Crippen LogP contribution in [0.25, 0.3) is 0 Å². The fourth-order valence-electron chi connectivity index (χ4n) is 1.53. The quantitative estimate of drug-likeness (QED) is 0.574. The summed E-state index contributed by atoms with van der Waals surface area (Å²) < 4.78 is 5.07. The molecule has 0 amide bonds. The Labute approximate surface area is 108 Å². The minimum atomic E-state index is -0.832.